The Balaban J connectivity index is 2.82. The van der Waals surface area contributed by atoms with Gasteiger partial charge in [0.15, 0.2) is 0 Å². The zero-order chi connectivity index (χ0) is 12.7. The summed E-state index contributed by atoms with van der Waals surface area (Å²) in [5.41, 5.74) is 2.46. The summed E-state index contributed by atoms with van der Waals surface area (Å²) in [6.45, 7) is 5.14. The van der Waals surface area contributed by atoms with Crippen molar-refractivity contribution in [2.45, 2.75) is 39.2 Å². The lowest BCUT2D eigenvalue weighted by Crippen LogP contribution is -2.21. The van der Waals surface area contributed by atoms with E-state index in [1.807, 2.05) is 12.1 Å². The van der Waals surface area contributed by atoms with Gasteiger partial charge in [-0.2, -0.15) is 0 Å². The molecular weight excluding hydrogens is 230 g/mol. The van der Waals surface area contributed by atoms with Gasteiger partial charge in [-0.15, -0.1) is 12.3 Å². The highest BCUT2D eigenvalue weighted by molar-refractivity contribution is 6.31. The van der Waals surface area contributed by atoms with E-state index in [2.05, 4.69) is 31.2 Å². The second-order valence-electron chi connectivity index (χ2n) is 4.16. The zero-order valence-corrected chi connectivity index (χ0v) is 11.3. The summed E-state index contributed by atoms with van der Waals surface area (Å²) in [6, 6.07) is 6.44. The van der Waals surface area contributed by atoms with E-state index in [9.17, 15) is 0 Å². The maximum atomic E-state index is 6.16. The van der Waals surface area contributed by atoms with Crippen LogP contribution in [0.1, 0.15) is 43.4 Å². The van der Waals surface area contributed by atoms with Crippen molar-refractivity contribution in [3.63, 3.8) is 0 Å². The van der Waals surface area contributed by atoms with E-state index in [1.54, 1.807) is 0 Å². The summed E-state index contributed by atoms with van der Waals surface area (Å²) in [5.74, 6) is 2.69. The normalized spacial score (nSPS) is 12.1. The van der Waals surface area contributed by atoms with Crippen molar-refractivity contribution in [3.8, 4) is 12.3 Å². The lowest BCUT2D eigenvalue weighted by atomic mass is 9.97. The van der Waals surface area contributed by atoms with Crippen LogP contribution < -0.4 is 5.32 Å². The van der Waals surface area contributed by atoms with Crippen LogP contribution >= 0.6 is 11.6 Å². The van der Waals surface area contributed by atoms with Crippen LogP contribution in [0.25, 0.3) is 0 Å². The lowest BCUT2D eigenvalue weighted by Gasteiger charge is -2.20. The van der Waals surface area contributed by atoms with Crippen molar-refractivity contribution in [1.29, 1.82) is 0 Å². The SMILES string of the molecule is C#CCCCC(NCC)c1cccc(Cl)c1C. The molecule has 0 radical (unpaired) electrons. The van der Waals surface area contributed by atoms with Crippen LogP contribution in [0.4, 0.5) is 0 Å². The predicted molar refractivity (Wildman–Crippen MR) is 75.3 cm³/mol. The summed E-state index contributed by atoms with van der Waals surface area (Å²) in [7, 11) is 0. The summed E-state index contributed by atoms with van der Waals surface area (Å²) in [5, 5.41) is 4.33. The number of rotatable bonds is 6. The van der Waals surface area contributed by atoms with Gasteiger partial charge in [0.05, 0.1) is 0 Å². The maximum Gasteiger partial charge on any atom is 0.0438 e. The van der Waals surface area contributed by atoms with Gasteiger partial charge in [0, 0.05) is 17.5 Å². The van der Waals surface area contributed by atoms with Crippen molar-refractivity contribution in [2.24, 2.45) is 0 Å². The third kappa shape index (κ3) is 4.07. The fourth-order valence-corrected chi connectivity index (χ4v) is 2.21. The summed E-state index contributed by atoms with van der Waals surface area (Å²) >= 11 is 6.16. The largest absolute Gasteiger partial charge is 0.310 e. The van der Waals surface area contributed by atoms with Gasteiger partial charge in [-0.3, -0.25) is 0 Å². The molecule has 0 aliphatic carbocycles. The number of hydrogen-bond donors (Lipinski definition) is 1. The first-order valence-electron chi connectivity index (χ1n) is 6.12. The Morgan fingerprint density at radius 3 is 2.88 bits per heavy atom. The summed E-state index contributed by atoms with van der Waals surface area (Å²) in [4.78, 5) is 0. The quantitative estimate of drug-likeness (QED) is 0.591. The molecule has 0 saturated carbocycles. The fraction of sp³-hybridized carbons (Fsp3) is 0.467. The highest BCUT2D eigenvalue weighted by Gasteiger charge is 2.13. The molecular formula is C15H20ClN. The number of nitrogens with one attached hydrogen (secondary N) is 1. The van der Waals surface area contributed by atoms with Crippen LogP contribution in [0.15, 0.2) is 18.2 Å². The Labute approximate surface area is 110 Å². The molecule has 1 rings (SSSR count). The Bertz CT molecular complexity index is 392. The first-order valence-corrected chi connectivity index (χ1v) is 6.50. The number of hydrogen-bond acceptors (Lipinski definition) is 1. The van der Waals surface area contributed by atoms with Gasteiger partial charge < -0.3 is 5.32 Å². The Morgan fingerprint density at radius 1 is 1.47 bits per heavy atom. The third-order valence-corrected chi connectivity index (χ3v) is 3.36. The van der Waals surface area contributed by atoms with E-state index in [-0.39, 0.29) is 0 Å². The van der Waals surface area contributed by atoms with E-state index in [0.29, 0.717) is 6.04 Å². The molecule has 0 heterocycles. The molecule has 1 atom stereocenters. The molecule has 0 bridgehead atoms. The number of benzene rings is 1. The van der Waals surface area contributed by atoms with Crippen LogP contribution in [-0.4, -0.2) is 6.54 Å². The molecule has 92 valence electrons. The molecule has 0 aliphatic heterocycles. The average molecular weight is 250 g/mol. The minimum atomic E-state index is 0.354. The molecule has 1 aromatic rings. The van der Waals surface area contributed by atoms with Gasteiger partial charge in [0.2, 0.25) is 0 Å². The van der Waals surface area contributed by atoms with Gasteiger partial charge in [0.25, 0.3) is 0 Å². The lowest BCUT2D eigenvalue weighted by molar-refractivity contribution is 0.500. The van der Waals surface area contributed by atoms with Crippen molar-refractivity contribution in [3.05, 3.63) is 34.3 Å². The first-order chi connectivity index (χ1) is 8.20. The van der Waals surface area contributed by atoms with Crippen molar-refractivity contribution in [1.82, 2.24) is 5.32 Å². The molecule has 0 fully saturated rings. The second kappa shape index (κ2) is 7.37. The molecule has 0 spiro atoms. The Morgan fingerprint density at radius 2 is 2.24 bits per heavy atom. The molecule has 1 unspecified atom stereocenters. The topological polar surface area (TPSA) is 12.0 Å². The molecule has 1 nitrogen and oxygen atoms in total. The van der Waals surface area contributed by atoms with Gasteiger partial charge in [-0.25, -0.2) is 0 Å². The number of halogens is 1. The zero-order valence-electron chi connectivity index (χ0n) is 10.6. The number of unbranched alkanes of at least 4 members (excludes halogenated alkanes) is 1. The molecule has 1 aromatic carbocycles. The van der Waals surface area contributed by atoms with Crippen molar-refractivity contribution >= 4 is 11.6 Å². The Hall–Kier alpha value is -0.970. The van der Waals surface area contributed by atoms with Crippen molar-refractivity contribution < 1.29 is 0 Å². The maximum absolute atomic E-state index is 6.16. The van der Waals surface area contributed by atoms with E-state index in [4.69, 9.17) is 18.0 Å². The molecule has 0 amide bonds. The second-order valence-corrected chi connectivity index (χ2v) is 4.57. The smallest absolute Gasteiger partial charge is 0.0438 e. The molecule has 0 aromatic heterocycles. The monoisotopic (exact) mass is 249 g/mol. The Kier molecular flexibility index (Phi) is 6.11. The van der Waals surface area contributed by atoms with Crippen LogP contribution in [-0.2, 0) is 0 Å². The molecule has 0 saturated heterocycles. The predicted octanol–water partition coefficient (Wildman–Crippen LogP) is 4.10. The van der Waals surface area contributed by atoms with Crippen LogP contribution in [0.2, 0.25) is 5.02 Å². The molecule has 17 heavy (non-hydrogen) atoms. The minimum absolute atomic E-state index is 0.354. The summed E-state index contributed by atoms with van der Waals surface area (Å²) in [6.07, 6.45) is 8.22. The van der Waals surface area contributed by atoms with Gasteiger partial charge >= 0.3 is 0 Å². The number of terminal acetylenes is 1. The highest BCUT2D eigenvalue weighted by Crippen LogP contribution is 2.27. The van der Waals surface area contributed by atoms with Crippen LogP contribution in [0, 0.1) is 19.3 Å². The first kappa shape index (κ1) is 14.1. The van der Waals surface area contributed by atoms with Crippen LogP contribution in [0.3, 0.4) is 0 Å². The molecule has 1 N–H and O–H groups in total. The van der Waals surface area contributed by atoms with Gasteiger partial charge in [-0.1, -0.05) is 30.7 Å². The molecule has 0 aliphatic rings. The van der Waals surface area contributed by atoms with Crippen molar-refractivity contribution in [2.75, 3.05) is 6.54 Å². The molecule has 2 heteroatoms. The average Bonchev–Trinajstić information content (AvgIpc) is 2.32. The standard InChI is InChI=1S/C15H20ClN/c1-4-6-7-11-15(17-5-2)13-9-8-10-14(16)12(13)3/h1,8-10,15,17H,5-7,11H2,2-3H3. The highest BCUT2D eigenvalue weighted by atomic mass is 35.5. The van der Waals surface area contributed by atoms with Gasteiger partial charge in [-0.05, 0) is 43.5 Å². The van der Waals surface area contributed by atoms with Gasteiger partial charge in [0.1, 0.15) is 0 Å². The minimum Gasteiger partial charge on any atom is -0.310 e. The van der Waals surface area contributed by atoms with E-state index in [1.165, 1.54) is 11.1 Å². The summed E-state index contributed by atoms with van der Waals surface area (Å²) < 4.78 is 0. The third-order valence-electron chi connectivity index (χ3n) is 2.95. The van der Waals surface area contributed by atoms with Crippen LogP contribution in [0.5, 0.6) is 0 Å². The fourth-order valence-electron chi connectivity index (χ4n) is 2.02. The van der Waals surface area contributed by atoms with E-state index < -0.39 is 0 Å². The van der Waals surface area contributed by atoms with E-state index >= 15 is 0 Å². The van der Waals surface area contributed by atoms with E-state index in [0.717, 1.165) is 30.8 Å².